The lowest BCUT2D eigenvalue weighted by Crippen LogP contribution is -2.61. The Morgan fingerprint density at radius 2 is 1.87 bits per heavy atom. The number of carbonyl (C=O) groups is 2. The van der Waals surface area contributed by atoms with Crippen molar-refractivity contribution in [3.8, 4) is 0 Å². The fourth-order valence-corrected chi connectivity index (χ4v) is 5.12. The summed E-state index contributed by atoms with van der Waals surface area (Å²) >= 11 is 0. The van der Waals surface area contributed by atoms with Gasteiger partial charge in [-0.25, -0.2) is 9.69 Å². The Balaban J connectivity index is 1.42. The van der Waals surface area contributed by atoms with E-state index in [0.29, 0.717) is 18.2 Å². The molecule has 3 atom stereocenters. The van der Waals surface area contributed by atoms with E-state index < -0.39 is 0 Å². The molecule has 5 rings (SSSR count). The van der Waals surface area contributed by atoms with Crippen molar-refractivity contribution in [1.82, 2.24) is 10.3 Å². The minimum Gasteiger partial charge on any atom is -0.380 e. The molecular weight excluding hydrogens is 390 g/mol. The van der Waals surface area contributed by atoms with Gasteiger partial charge in [-0.3, -0.25) is 9.78 Å². The molecule has 2 fully saturated rings. The Hall–Kier alpha value is -3.25. The molecule has 31 heavy (non-hydrogen) atoms. The number of pyridine rings is 1. The number of hydrogen-bond acceptors (Lipinski definition) is 4. The molecule has 1 saturated heterocycles. The molecule has 3 amide bonds. The number of amides is 3. The first-order valence-corrected chi connectivity index (χ1v) is 10.7. The molecule has 158 valence electrons. The van der Waals surface area contributed by atoms with Gasteiger partial charge in [-0.2, -0.15) is 0 Å². The highest BCUT2D eigenvalue weighted by atomic mass is 16.5. The Morgan fingerprint density at radius 1 is 1.06 bits per heavy atom. The molecule has 2 heterocycles. The van der Waals surface area contributed by atoms with Crippen LogP contribution in [0.2, 0.25) is 0 Å². The van der Waals surface area contributed by atoms with Gasteiger partial charge in [-0.15, -0.1) is 0 Å². The molecular formula is C25H25N3O3. The molecule has 3 unspecified atom stereocenters. The van der Waals surface area contributed by atoms with Crippen molar-refractivity contribution in [2.75, 3.05) is 12.0 Å². The predicted octanol–water partition coefficient (Wildman–Crippen LogP) is 4.39. The van der Waals surface area contributed by atoms with Crippen molar-refractivity contribution in [1.29, 1.82) is 0 Å². The van der Waals surface area contributed by atoms with Crippen LogP contribution in [-0.4, -0.2) is 30.1 Å². The maximum atomic E-state index is 13.4. The topological polar surface area (TPSA) is 71.5 Å². The first-order valence-electron chi connectivity index (χ1n) is 10.7. The molecule has 6 nitrogen and oxygen atoms in total. The SMILES string of the molecule is COCc1ccccc1C1CCC2C(=O)N(c3cncc4ccccc34)C(=O)NC2C1. The molecule has 1 saturated carbocycles. The summed E-state index contributed by atoms with van der Waals surface area (Å²) in [5.74, 6) is -0.0514. The summed E-state index contributed by atoms with van der Waals surface area (Å²) in [7, 11) is 1.70. The molecule has 1 aliphatic carbocycles. The second-order valence-electron chi connectivity index (χ2n) is 8.36. The molecule has 2 aromatic carbocycles. The van der Waals surface area contributed by atoms with E-state index in [1.807, 2.05) is 36.4 Å². The lowest BCUT2D eigenvalue weighted by molar-refractivity contribution is -0.124. The minimum atomic E-state index is -0.366. The molecule has 2 aliphatic rings. The van der Waals surface area contributed by atoms with Gasteiger partial charge < -0.3 is 10.1 Å². The van der Waals surface area contributed by atoms with Gasteiger partial charge in [-0.05, 0) is 36.3 Å². The standard InChI is InChI=1S/C25H25N3O3/c1-31-15-18-7-3-4-8-19(18)16-10-11-21-22(12-16)27-25(30)28(24(21)29)23-14-26-13-17-6-2-5-9-20(17)23/h2-9,13-14,16,21-22H,10-12,15H2,1H3,(H,27,30). The highest BCUT2D eigenvalue weighted by Gasteiger charge is 2.45. The van der Waals surface area contributed by atoms with Gasteiger partial charge in [0.05, 0.1) is 24.4 Å². The van der Waals surface area contributed by atoms with Crippen molar-refractivity contribution in [3.05, 3.63) is 72.1 Å². The van der Waals surface area contributed by atoms with Gasteiger partial charge in [0.2, 0.25) is 5.91 Å². The predicted molar refractivity (Wildman–Crippen MR) is 119 cm³/mol. The molecule has 6 heteroatoms. The van der Waals surface area contributed by atoms with Gasteiger partial charge in [0.15, 0.2) is 0 Å². The average Bonchev–Trinajstić information content (AvgIpc) is 2.79. The van der Waals surface area contributed by atoms with E-state index in [2.05, 4.69) is 22.4 Å². The van der Waals surface area contributed by atoms with E-state index in [9.17, 15) is 9.59 Å². The number of aromatic nitrogens is 1. The van der Waals surface area contributed by atoms with Crippen molar-refractivity contribution < 1.29 is 14.3 Å². The van der Waals surface area contributed by atoms with Crippen LogP contribution < -0.4 is 10.2 Å². The van der Waals surface area contributed by atoms with Crippen molar-refractivity contribution in [2.45, 2.75) is 37.8 Å². The van der Waals surface area contributed by atoms with Crippen LogP contribution in [0.15, 0.2) is 60.9 Å². The van der Waals surface area contributed by atoms with E-state index in [4.69, 9.17) is 4.74 Å². The summed E-state index contributed by atoms with van der Waals surface area (Å²) < 4.78 is 5.36. The Bertz CT molecular complexity index is 1140. The van der Waals surface area contributed by atoms with Gasteiger partial charge in [0, 0.05) is 30.1 Å². The summed E-state index contributed by atoms with van der Waals surface area (Å²) in [4.78, 5) is 32.0. The molecule has 0 spiro atoms. The number of anilines is 1. The molecule has 0 bridgehead atoms. The van der Waals surface area contributed by atoms with E-state index in [1.54, 1.807) is 19.5 Å². The second kappa shape index (κ2) is 8.12. The Labute approximate surface area is 181 Å². The minimum absolute atomic E-state index is 0.129. The van der Waals surface area contributed by atoms with E-state index in [0.717, 1.165) is 30.0 Å². The highest BCUT2D eigenvalue weighted by molar-refractivity contribution is 6.20. The fraction of sp³-hybridized carbons (Fsp3) is 0.320. The summed E-state index contributed by atoms with van der Waals surface area (Å²) in [6.45, 7) is 0.563. The van der Waals surface area contributed by atoms with Crippen LogP contribution in [0.3, 0.4) is 0 Å². The number of imide groups is 1. The third kappa shape index (κ3) is 3.47. The summed E-state index contributed by atoms with van der Waals surface area (Å²) in [6, 6.07) is 15.4. The van der Waals surface area contributed by atoms with Crippen molar-refractivity contribution in [3.63, 3.8) is 0 Å². The largest absolute Gasteiger partial charge is 0.380 e. The smallest absolute Gasteiger partial charge is 0.329 e. The number of carbonyl (C=O) groups excluding carboxylic acids is 2. The van der Waals surface area contributed by atoms with Gasteiger partial charge in [0.1, 0.15) is 0 Å². The summed E-state index contributed by atoms with van der Waals surface area (Å²) in [6.07, 6.45) is 5.75. The van der Waals surface area contributed by atoms with E-state index in [-0.39, 0.29) is 23.9 Å². The molecule has 3 aromatic rings. The molecule has 0 radical (unpaired) electrons. The van der Waals surface area contributed by atoms with Crippen LogP contribution in [-0.2, 0) is 16.1 Å². The fourth-order valence-electron chi connectivity index (χ4n) is 5.12. The van der Waals surface area contributed by atoms with E-state index >= 15 is 0 Å². The Kier molecular flexibility index (Phi) is 5.16. The third-order valence-electron chi connectivity index (χ3n) is 6.58. The number of rotatable bonds is 4. The quantitative estimate of drug-likeness (QED) is 0.686. The number of fused-ring (bicyclic) bond motifs is 2. The van der Waals surface area contributed by atoms with Gasteiger partial charge >= 0.3 is 6.03 Å². The van der Waals surface area contributed by atoms with Crippen LogP contribution >= 0.6 is 0 Å². The van der Waals surface area contributed by atoms with Crippen molar-refractivity contribution in [2.24, 2.45) is 5.92 Å². The van der Waals surface area contributed by atoms with Crippen LogP contribution in [0.25, 0.3) is 10.8 Å². The van der Waals surface area contributed by atoms with Crippen LogP contribution in [0.5, 0.6) is 0 Å². The average molecular weight is 415 g/mol. The maximum absolute atomic E-state index is 13.4. The summed E-state index contributed by atoms with van der Waals surface area (Å²) in [5.41, 5.74) is 2.97. The number of benzene rings is 2. The molecule has 1 aliphatic heterocycles. The maximum Gasteiger partial charge on any atom is 0.329 e. The lowest BCUT2D eigenvalue weighted by atomic mass is 9.73. The third-order valence-corrected chi connectivity index (χ3v) is 6.58. The number of nitrogens with one attached hydrogen (secondary N) is 1. The van der Waals surface area contributed by atoms with Crippen LogP contribution in [0.4, 0.5) is 10.5 Å². The zero-order chi connectivity index (χ0) is 21.4. The first kappa shape index (κ1) is 19.7. The molecule has 1 aromatic heterocycles. The first-order chi connectivity index (χ1) is 15.2. The van der Waals surface area contributed by atoms with Crippen molar-refractivity contribution >= 4 is 28.4 Å². The number of urea groups is 1. The number of methoxy groups -OCH3 is 1. The number of nitrogens with zero attached hydrogens (tertiary/aromatic N) is 2. The van der Waals surface area contributed by atoms with Gasteiger partial charge in [0.25, 0.3) is 0 Å². The normalized spacial score (nSPS) is 23.5. The highest BCUT2D eigenvalue weighted by Crippen LogP contribution is 2.41. The second-order valence-corrected chi connectivity index (χ2v) is 8.36. The molecule has 1 N–H and O–H groups in total. The number of hydrogen-bond donors (Lipinski definition) is 1. The van der Waals surface area contributed by atoms with Gasteiger partial charge in [-0.1, -0.05) is 48.5 Å². The lowest BCUT2D eigenvalue weighted by Gasteiger charge is -2.42. The summed E-state index contributed by atoms with van der Waals surface area (Å²) in [5, 5.41) is 4.87. The van der Waals surface area contributed by atoms with Crippen LogP contribution in [0.1, 0.15) is 36.3 Å². The monoisotopic (exact) mass is 415 g/mol. The van der Waals surface area contributed by atoms with Crippen LogP contribution in [0, 0.1) is 5.92 Å². The zero-order valence-corrected chi connectivity index (χ0v) is 17.5. The van der Waals surface area contributed by atoms with E-state index in [1.165, 1.54) is 16.0 Å². The zero-order valence-electron chi connectivity index (χ0n) is 17.5. The number of ether oxygens (including phenoxy) is 1. The Morgan fingerprint density at radius 3 is 2.74 bits per heavy atom.